The molecule has 16 heavy (non-hydrogen) atoms. The molecule has 0 aliphatic heterocycles. The third-order valence-corrected chi connectivity index (χ3v) is 3.37. The molecule has 0 atom stereocenters. The van der Waals surface area contributed by atoms with Crippen molar-refractivity contribution in [2.45, 2.75) is 6.54 Å². The van der Waals surface area contributed by atoms with E-state index in [1.54, 1.807) is 6.07 Å². The molecule has 0 aliphatic rings. The molecular weight excluding hydrogens is 357 g/mol. The molecule has 0 saturated carbocycles. The summed E-state index contributed by atoms with van der Waals surface area (Å²) in [5.74, 6) is 0.805. The van der Waals surface area contributed by atoms with Crippen LogP contribution in [0.25, 0.3) is 0 Å². The minimum Gasteiger partial charge on any atom is -0.448 e. The number of furan rings is 1. The molecule has 0 aliphatic carbocycles. The summed E-state index contributed by atoms with van der Waals surface area (Å²) in [5.41, 5.74) is 1.01. The lowest BCUT2D eigenvalue weighted by molar-refractivity contribution is 0.520. The summed E-state index contributed by atoms with van der Waals surface area (Å²) in [6, 6.07) is 9.52. The van der Waals surface area contributed by atoms with Crippen molar-refractivity contribution in [1.82, 2.24) is 0 Å². The number of nitrogens with one attached hydrogen (secondary N) is 1. The van der Waals surface area contributed by atoms with E-state index in [2.05, 4.69) is 37.2 Å². The van der Waals surface area contributed by atoms with Gasteiger partial charge in [0.25, 0.3) is 0 Å². The maximum atomic E-state index is 5.68. The molecule has 84 valence electrons. The van der Waals surface area contributed by atoms with Crippen molar-refractivity contribution in [3.63, 3.8) is 0 Å². The summed E-state index contributed by atoms with van der Waals surface area (Å²) in [6.45, 7) is 0.604. The first kappa shape index (κ1) is 12.0. The minimum absolute atomic E-state index is 0.409. The average molecular weight is 365 g/mol. The molecule has 5 heteroatoms. The van der Waals surface area contributed by atoms with Crippen LogP contribution in [0.15, 0.2) is 43.7 Å². The Balaban J connectivity index is 2.04. The van der Waals surface area contributed by atoms with E-state index < -0.39 is 0 Å². The van der Waals surface area contributed by atoms with Gasteiger partial charge in [-0.3, -0.25) is 0 Å². The molecule has 2 rings (SSSR count). The van der Waals surface area contributed by atoms with E-state index in [0.717, 1.165) is 20.4 Å². The molecule has 0 amide bonds. The number of hydrogen-bond donors (Lipinski definition) is 1. The second kappa shape index (κ2) is 5.25. The van der Waals surface area contributed by atoms with E-state index in [9.17, 15) is 0 Å². The molecule has 0 bridgehead atoms. The van der Waals surface area contributed by atoms with Crippen molar-refractivity contribution in [1.29, 1.82) is 0 Å². The lowest BCUT2D eigenvalue weighted by atomic mass is 10.3. The van der Waals surface area contributed by atoms with Gasteiger partial charge in [0.1, 0.15) is 5.76 Å². The van der Waals surface area contributed by atoms with E-state index in [1.165, 1.54) is 0 Å². The fourth-order valence-corrected chi connectivity index (χ4v) is 2.61. The van der Waals surface area contributed by atoms with E-state index in [1.807, 2.05) is 24.3 Å². The number of rotatable bonds is 3. The Morgan fingerprint density at radius 1 is 1.19 bits per heavy atom. The van der Waals surface area contributed by atoms with Gasteiger partial charge in [0, 0.05) is 14.6 Å². The van der Waals surface area contributed by atoms with Gasteiger partial charge < -0.3 is 9.73 Å². The second-order valence-corrected chi connectivity index (χ2v) is 5.33. The third kappa shape index (κ3) is 3.03. The summed E-state index contributed by atoms with van der Waals surface area (Å²) >= 11 is 12.6. The van der Waals surface area contributed by atoms with Gasteiger partial charge >= 0.3 is 0 Å². The molecule has 0 fully saturated rings. The standard InChI is InChI=1S/C11H8Br2ClNO/c12-7-1-3-10(9(13)5-7)15-6-8-2-4-11(14)16-8/h1-5,15H,6H2. The molecule has 0 unspecified atom stereocenters. The summed E-state index contributed by atoms with van der Waals surface area (Å²) in [4.78, 5) is 0. The first-order valence-corrected chi connectivity index (χ1v) is 6.54. The summed E-state index contributed by atoms with van der Waals surface area (Å²) in [5, 5.41) is 3.66. The highest BCUT2D eigenvalue weighted by molar-refractivity contribution is 9.11. The van der Waals surface area contributed by atoms with Crippen LogP contribution in [0.2, 0.25) is 5.22 Å². The minimum atomic E-state index is 0.409. The van der Waals surface area contributed by atoms with Crippen LogP contribution < -0.4 is 5.32 Å². The van der Waals surface area contributed by atoms with E-state index >= 15 is 0 Å². The molecular formula is C11H8Br2ClNO. The Bertz CT molecular complexity index is 498. The molecule has 1 N–H and O–H groups in total. The Kier molecular flexibility index (Phi) is 3.95. The largest absolute Gasteiger partial charge is 0.448 e. The molecule has 1 heterocycles. The zero-order valence-corrected chi connectivity index (χ0v) is 12.1. The van der Waals surface area contributed by atoms with E-state index in [0.29, 0.717) is 11.8 Å². The zero-order valence-electron chi connectivity index (χ0n) is 8.14. The molecule has 0 saturated heterocycles. The fourth-order valence-electron chi connectivity index (χ4n) is 1.26. The van der Waals surface area contributed by atoms with E-state index in [4.69, 9.17) is 16.0 Å². The van der Waals surface area contributed by atoms with Gasteiger partial charge in [0.05, 0.1) is 6.54 Å². The van der Waals surface area contributed by atoms with Crippen LogP contribution in [0.3, 0.4) is 0 Å². The predicted molar refractivity (Wildman–Crippen MR) is 72.9 cm³/mol. The number of hydrogen-bond acceptors (Lipinski definition) is 2. The number of anilines is 1. The van der Waals surface area contributed by atoms with Crippen molar-refractivity contribution in [3.8, 4) is 0 Å². The van der Waals surface area contributed by atoms with Crippen LogP contribution >= 0.6 is 43.5 Å². The predicted octanol–water partition coefficient (Wildman–Crippen LogP) is 5.07. The first-order valence-electron chi connectivity index (χ1n) is 4.58. The van der Waals surface area contributed by atoms with Crippen LogP contribution in [0.4, 0.5) is 5.69 Å². The summed E-state index contributed by atoms with van der Waals surface area (Å²) in [6.07, 6.45) is 0. The monoisotopic (exact) mass is 363 g/mol. The van der Waals surface area contributed by atoms with Gasteiger partial charge in [-0.15, -0.1) is 0 Å². The fraction of sp³-hybridized carbons (Fsp3) is 0.0909. The SMILES string of the molecule is Clc1ccc(CNc2ccc(Br)cc2Br)o1. The number of halogens is 3. The Morgan fingerprint density at radius 2 is 2.00 bits per heavy atom. The zero-order chi connectivity index (χ0) is 11.5. The summed E-state index contributed by atoms with van der Waals surface area (Å²) in [7, 11) is 0. The van der Waals surface area contributed by atoms with Crippen LogP contribution in [-0.4, -0.2) is 0 Å². The lowest BCUT2D eigenvalue weighted by Gasteiger charge is -2.07. The van der Waals surface area contributed by atoms with Crippen molar-refractivity contribution >= 4 is 49.1 Å². The van der Waals surface area contributed by atoms with Crippen molar-refractivity contribution in [2.24, 2.45) is 0 Å². The average Bonchev–Trinajstić information content (AvgIpc) is 2.63. The van der Waals surface area contributed by atoms with Gasteiger partial charge in [-0.05, 0) is 57.9 Å². The Labute approximate surface area is 115 Å². The molecule has 2 nitrogen and oxygen atoms in total. The highest BCUT2D eigenvalue weighted by atomic mass is 79.9. The van der Waals surface area contributed by atoms with Gasteiger partial charge in [0.15, 0.2) is 5.22 Å². The molecule has 2 aromatic rings. The van der Waals surface area contributed by atoms with Crippen LogP contribution in [0.5, 0.6) is 0 Å². The van der Waals surface area contributed by atoms with Crippen molar-refractivity contribution in [2.75, 3.05) is 5.32 Å². The number of benzene rings is 1. The highest BCUT2D eigenvalue weighted by Crippen LogP contribution is 2.26. The smallest absolute Gasteiger partial charge is 0.193 e. The van der Waals surface area contributed by atoms with E-state index in [-0.39, 0.29) is 0 Å². The normalized spacial score (nSPS) is 10.4. The first-order chi connectivity index (χ1) is 7.65. The van der Waals surface area contributed by atoms with Crippen LogP contribution in [0, 0.1) is 0 Å². The van der Waals surface area contributed by atoms with Gasteiger partial charge in [-0.1, -0.05) is 15.9 Å². The van der Waals surface area contributed by atoms with Gasteiger partial charge in [-0.25, -0.2) is 0 Å². The third-order valence-electron chi connectivity index (χ3n) is 2.01. The highest BCUT2D eigenvalue weighted by Gasteiger charge is 2.02. The van der Waals surface area contributed by atoms with Crippen LogP contribution in [-0.2, 0) is 6.54 Å². The molecule has 1 aromatic heterocycles. The van der Waals surface area contributed by atoms with Crippen molar-refractivity contribution in [3.05, 3.63) is 50.3 Å². The Morgan fingerprint density at radius 3 is 2.62 bits per heavy atom. The quantitative estimate of drug-likeness (QED) is 0.821. The van der Waals surface area contributed by atoms with Gasteiger partial charge in [0.2, 0.25) is 0 Å². The molecule has 0 spiro atoms. The second-order valence-electron chi connectivity index (χ2n) is 3.18. The maximum absolute atomic E-state index is 5.68. The van der Waals surface area contributed by atoms with Gasteiger partial charge in [-0.2, -0.15) is 0 Å². The molecule has 1 aromatic carbocycles. The molecule has 0 radical (unpaired) electrons. The topological polar surface area (TPSA) is 25.2 Å². The summed E-state index contributed by atoms with van der Waals surface area (Å²) < 4.78 is 7.28. The van der Waals surface area contributed by atoms with Crippen LogP contribution in [0.1, 0.15) is 5.76 Å². The van der Waals surface area contributed by atoms with Crippen molar-refractivity contribution < 1.29 is 4.42 Å². The lowest BCUT2D eigenvalue weighted by Crippen LogP contribution is -1.98. The maximum Gasteiger partial charge on any atom is 0.193 e. The Hall–Kier alpha value is -0.450.